The van der Waals surface area contributed by atoms with Gasteiger partial charge in [0.05, 0.1) is 11.3 Å². The Balaban J connectivity index is 2.36. The maximum atomic E-state index is 12.4. The Bertz CT molecular complexity index is 457. The number of carbonyl (C=O) groups excluding carboxylic acids is 1. The minimum absolute atomic E-state index is 0.0233. The highest BCUT2D eigenvalue weighted by molar-refractivity contribution is 5.91. The highest BCUT2D eigenvalue weighted by Gasteiger charge is 2.32. The predicted octanol–water partition coefficient (Wildman–Crippen LogP) is 2.53. The van der Waals surface area contributed by atoms with E-state index in [1.807, 2.05) is 0 Å². The lowest BCUT2D eigenvalue weighted by Crippen LogP contribution is -2.23. The van der Waals surface area contributed by atoms with E-state index in [4.69, 9.17) is 0 Å². The van der Waals surface area contributed by atoms with Crippen LogP contribution in [0, 0.1) is 0 Å². The number of urea groups is 1. The van der Waals surface area contributed by atoms with Crippen LogP contribution in [0.4, 0.5) is 23.7 Å². The Labute approximate surface area is 87.5 Å². The van der Waals surface area contributed by atoms with E-state index in [1.165, 1.54) is 12.1 Å². The number of hydrogen-bond donors (Lipinski definition) is 0. The van der Waals surface area contributed by atoms with Crippen LogP contribution in [-0.4, -0.2) is 6.03 Å². The molecule has 0 saturated carbocycles. The molecule has 1 radical (unpaired) electrons. The van der Waals surface area contributed by atoms with Crippen molar-refractivity contribution in [3.8, 4) is 0 Å². The summed E-state index contributed by atoms with van der Waals surface area (Å²) in [6.07, 6.45) is -4.47. The number of benzene rings is 1. The molecule has 8 heteroatoms. The van der Waals surface area contributed by atoms with Crippen molar-refractivity contribution in [3.05, 3.63) is 29.8 Å². The largest absolute Gasteiger partial charge is 0.416 e. The average molecular weight is 229 g/mol. The fourth-order valence-electron chi connectivity index (χ4n) is 1.15. The minimum Gasteiger partial charge on any atom is -0.242 e. The first-order chi connectivity index (χ1) is 7.48. The summed E-state index contributed by atoms with van der Waals surface area (Å²) in [7, 11) is 0. The Morgan fingerprint density at radius 1 is 1.25 bits per heavy atom. The van der Waals surface area contributed by atoms with Gasteiger partial charge in [0.15, 0.2) is 0 Å². The summed E-state index contributed by atoms with van der Waals surface area (Å²) < 4.78 is 37.1. The second-order valence-corrected chi connectivity index (χ2v) is 2.92. The molecule has 0 spiro atoms. The quantitative estimate of drug-likeness (QED) is 0.729. The normalized spacial score (nSPS) is 15.4. The molecule has 0 bridgehead atoms. The topological polar surface area (TPSA) is 59.1 Å². The van der Waals surface area contributed by atoms with E-state index in [0.29, 0.717) is 5.01 Å². The van der Waals surface area contributed by atoms with Gasteiger partial charge in [0.25, 0.3) is 0 Å². The molecule has 1 aromatic rings. The number of rotatable bonds is 1. The van der Waals surface area contributed by atoms with E-state index in [0.717, 1.165) is 12.1 Å². The third-order valence-electron chi connectivity index (χ3n) is 1.86. The molecule has 0 fully saturated rings. The van der Waals surface area contributed by atoms with Gasteiger partial charge >= 0.3 is 12.2 Å². The third-order valence-corrected chi connectivity index (χ3v) is 1.86. The molecule has 0 saturated heterocycles. The number of hydrogen-bond acceptors (Lipinski definition) is 3. The van der Waals surface area contributed by atoms with Crippen LogP contribution in [0.1, 0.15) is 5.56 Å². The van der Waals surface area contributed by atoms with E-state index in [-0.39, 0.29) is 5.69 Å². The van der Waals surface area contributed by atoms with E-state index in [9.17, 15) is 18.0 Å². The number of halogens is 3. The van der Waals surface area contributed by atoms with Gasteiger partial charge in [-0.1, -0.05) is 11.5 Å². The van der Waals surface area contributed by atoms with Gasteiger partial charge in [-0.2, -0.15) is 18.2 Å². The van der Waals surface area contributed by atoms with Crippen LogP contribution >= 0.6 is 0 Å². The van der Waals surface area contributed by atoms with Crippen molar-refractivity contribution in [2.45, 2.75) is 6.18 Å². The second kappa shape index (κ2) is 3.47. The van der Waals surface area contributed by atoms with Gasteiger partial charge < -0.3 is 0 Å². The molecule has 2 amide bonds. The molecule has 1 aromatic carbocycles. The molecular formula is C8H4F3N4O. The predicted molar refractivity (Wildman–Crippen MR) is 46.3 cm³/mol. The van der Waals surface area contributed by atoms with Crippen molar-refractivity contribution in [1.29, 1.82) is 0 Å². The first-order valence-electron chi connectivity index (χ1n) is 4.11. The first kappa shape index (κ1) is 10.4. The van der Waals surface area contributed by atoms with Crippen molar-refractivity contribution < 1.29 is 18.0 Å². The summed E-state index contributed by atoms with van der Waals surface area (Å²) in [5.74, 6) is 0. The molecule has 0 unspecified atom stereocenters. The summed E-state index contributed by atoms with van der Waals surface area (Å²) >= 11 is 0. The zero-order valence-electron chi connectivity index (χ0n) is 7.64. The molecule has 16 heavy (non-hydrogen) atoms. The average Bonchev–Trinajstić information content (AvgIpc) is 2.63. The van der Waals surface area contributed by atoms with Crippen LogP contribution in [0.25, 0.3) is 0 Å². The number of alkyl halides is 3. The number of anilines is 1. The Morgan fingerprint density at radius 2 is 2.00 bits per heavy atom. The maximum absolute atomic E-state index is 12.4. The van der Waals surface area contributed by atoms with Crippen LogP contribution in [0.15, 0.2) is 34.7 Å². The molecule has 1 aliphatic heterocycles. The van der Waals surface area contributed by atoms with Gasteiger partial charge in [-0.3, -0.25) is 0 Å². The van der Waals surface area contributed by atoms with E-state index >= 15 is 0 Å². The van der Waals surface area contributed by atoms with Gasteiger partial charge in [-0.25, -0.2) is 4.79 Å². The Morgan fingerprint density at radius 3 is 2.56 bits per heavy atom. The molecule has 0 N–H and O–H groups in total. The summed E-state index contributed by atoms with van der Waals surface area (Å²) in [6, 6.07) is 3.38. The van der Waals surface area contributed by atoms with Crippen LogP contribution in [0.2, 0.25) is 0 Å². The lowest BCUT2D eigenvalue weighted by atomic mass is 10.2. The van der Waals surface area contributed by atoms with E-state index in [2.05, 4.69) is 15.9 Å². The van der Waals surface area contributed by atoms with Crippen LogP contribution in [-0.2, 0) is 6.18 Å². The summed E-state index contributed by atoms with van der Waals surface area (Å²) in [5, 5.41) is 7.03. The first-order valence-corrected chi connectivity index (χ1v) is 4.11. The molecule has 2 rings (SSSR count). The fourth-order valence-corrected chi connectivity index (χ4v) is 1.15. The molecular weight excluding hydrogens is 225 g/mol. The fraction of sp³-hybridized carbons (Fsp3) is 0.125. The number of carbonyl (C=O) groups is 1. The smallest absolute Gasteiger partial charge is 0.242 e. The molecule has 83 valence electrons. The van der Waals surface area contributed by atoms with Crippen molar-refractivity contribution in [2.75, 3.05) is 5.01 Å². The van der Waals surface area contributed by atoms with Crippen LogP contribution < -0.4 is 10.4 Å². The number of amides is 2. The summed E-state index contributed by atoms with van der Waals surface area (Å²) in [4.78, 5) is 11.0. The van der Waals surface area contributed by atoms with Gasteiger partial charge in [0.1, 0.15) is 0 Å². The monoisotopic (exact) mass is 229 g/mol. The molecule has 0 atom stereocenters. The minimum atomic E-state index is -4.47. The Hall–Kier alpha value is -2.12. The van der Waals surface area contributed by atoms with Crippen LogP contribution in [0.5, 0.6) is 0 Å². The maximum Gasteiger partial charge on any atom is 0.416 e. The van der Waals surface area contributed by atoms with Gasteiger partial charge in [-0.15, -0.1) is 0 Å². The molecule has 5 nitrogen and oxygen atoms in total. The van der Waals surface area contributed by atoms with E-state index in [1.54, 1.807) is 0 Å². The molecule has 1 heterocycles. The lowest BCUT2D eigenvalue weighted by molar-refractivity contribution is -0.137. The molecule has 0 aliphatic carbocycles. The SMILES string of the molecule is O=C1[N]N=NN1c1cccc(C(F)(F)F)c1. The zero-order chi connectivity index (χ0) is 11.8. The van der Waals surface area contributed by atoms with Crippen molar-refractivity contribution in [1.82, 2.24) is 5.43 Å². The van der Waals surface area contributed by atoms with Gasteiger partial charge in [-0.05, 0) is 28.6 Å². The summed E-state index contributed by atoms with van der Waals surface area (Å²) in [6.45, 7) is 0. The van der Waals surface area contributed by atoms with Gasteiger partial charge in [0.2, 0.25) is 0 Å². The van der Waals surface area contributed by atoms with E-state index < -0.39 is 17.8 Å². The second-order valence-electron chi connectivity index (χ2n) is 2.92. The lowest BCUT2D eigenvalue weighted by Gasteiger charge is -2.11. The third kappa shape index (κ3) is 1.81. The molecule has 1 aliphatic rings. The van der Waals surface area contributed by atoms with Crippen molar-refractivity contribution in [2.24, 2.45) is 10.4 Å². The number of nitrogens with zero attached hydrogens (tertiary/aromatic N) is 4. The highest BCUT2D eigenvalue weighted by Crippen LogP contribution is 2.32. The van der Waals surface area contributed by atoms with Gasteiger partial charge in [0, 0.05) is 0 Å². The Kier molecular flexibility index (Phi) is 2.26. The standard InChI is InChI=1S/C8H4F3N4O/c9-8(10,11)5-2-1-3-6(4-5)15-7(16)12-13-14-15/h1-4H. The summed E-state index contributed by atoms with van der Waals surface area (Å²) in [5.41, 5.74) is 2.17. The van der Waals surface area contributed by atoms with Crippen molar-refractivity contribution >= 4 is 11.7 Å². The van der Waals surface area contributed by atoms with Crippen molar-refractivity contribution in [3.63, 3.8) is 0 Å². The highest BCUT2D eigenvalue weighted by atomic mass is 19.4. The van der Waals surface area contributed by atoms with Crippen LogP contribution in [0.3, 0.4) is 0 Å². The molecule has 0 aromatic heterocycles. The zero-order valence-corrected chi connectivity index (χ0v) is 7.64.